The number of hydrogen-bond acceptors (Lipinski definition) is 2. The van der Waals surface area contributed by atoms with Crippen molar-refractivity contribution in [3.63, 3.8) is 0 Å². The zero-order valence-electron chi connectivity index (χ0n) is 13.0. The molecule has 4 nitrogen and oxygen atoms in total. The molecule has 122 valence electrons. The van der Waals surface area contributed by atoms with Gasteiger partial charge in [-0.3, -0.25) is 9.98 Å². The molecule has 0 saturated heterocycles. The van der Waals surface area contributed by atoms with E-state index < -0.39 is 0 Å². The fraction of sp³-hybridized carbons (Fsp3) is 0.294. The van der Waals surface area contributed by atoms with Crippen molar-refractivity contribution in [3.05, 3.63) is 63.9 Å². The van der Waals surface area contributed by atoms with E-state index in [1.807, 2.05) is 43.3 Å². The van der Waals surface area contributed by atoms with Gasteiger partial charge >= 0.3 is 0 Å². The largest absolute Gasteiger partial charge is 0.370 e. The number of hydrogen-bond donors (Lipinski definition) is 2. The summed E-state index contributed by atoms with van der Waals surface area (Å²) < 4.78 is 0. The summed E-state index contributed by atoms with van der Waals surface area (Å²) in [6.45, 7) is 3.23. The third kappa shape index (κ3) is 5.41. The van der Waals surface area contributed by atoms with Crippen LogP contribution in [0.4, 0.5) is 0 Å². The van der Waals surface area contributed by atoms with E-state index in [0.717, 1.165) is 17.7 Å². The molecule has 0 spiro atoms. The predicted octanol–water partition coefficient (Wildman–Crippen LogP) is 3.64. The highest BCUT2D eigenvalue weighted by molar-refractivity contribution is 6.36. The van der Waals surface area contributed by atoms with Gasteiger partial charge in [0.1, 0.15) is 0 Å². The van der Waals surface area contributed by atoms with Gasteiger partial charge in [-0.25, -0.2) is 0 Å². The van der Waals surface area contributed by atoms with Crippen molar-refractivity contribution in [2.24, 2.45) is 10.7 Å². The van der Waals surface area contributed by atoms with Crippen molar-refractivity contribution < 1.29 is 0 Å². The Hall–Kier alpha value is -1.78. The Morgan fingerprint density at radius 1 is 1.22 bits per heavy atom. The lowest BCUT2D eigenvalue weighted by Gasteiger charge is -2.14. The summed E-state index contributed by atoms with van der Waals surface area (Å²) in [5, 5.41) is 4.40. The third-order valence-corrected chi connectivity index (χ3v) is 4.10. The van der Waals surface area contributed by atoms with Gasteiger partial charge in [0.05, 0.1) is 0 Å². The molecular weight excluding hydrogens is 331 g/mol. The molecule has 0 aliphatic heterocycles. The minimum atomic E-state index is 0.0901. The molecule has 1 heterocycles. The zero-order valence-corrected chi connectivity index (χ0v) is 14.5. The van der Waals surface area contributed by atoms with Crippen LogP contribution < -0.4 is 11.1 Å². The second-order valence-electron chi connectivity index (χ2n) is 5.26. The quantitative estimate of drug-likeness (QED) is 0.617. The van der Waals surface area contributed by atoms with Crippen molar-refractivity contribution in [1.29, 1.82) is 0 Å². The van der Waals surface area contributed by atoms with Crippen LogP contribution in [0, 0.1) is 0 Å². The lowest BCUT2D eigenvalue weighted by molar-refractivity contribution is 0.761. The number of pyridine rings is 1. The van der Waals surface area contributed by atoms with Gasteiger partial charge in [-0.15, -0.1) is 0 Å². The van der Waals surface area contributed by atoms with Gasteiger partial charge in [0.2, 0.25) is 0 Å². The second-order valence-corrected chi connectivity index (χ2v) is 6.07. The van der Waals surface area contributed by atoms with Crippen LogP contribution in [0.1, 0.15) is 24.1 Å². The van der Waals surface area contributed by atoms with E-state index >= 15 is 0 Å². The highest BCUT2D eigenvalue weighted by atomic mass is 35.5. The number of nitrogens with two attached hydrogens (primary N) is 1. The molecule has 0 amide bonds. The fourth-order valence-corrected chi connectivity index (χ4v) is 3.00. The summed E-state index contributed by atoms with van der Waals surface area (Å²) in [6, 6.07) is 11.3. The number of nitrogens with one attached hydrogen (secondary N) is 1. The first kappa shape index (κ1) is 17.6. The number of aromatic nitrogens is 1. The van der Waals surface area contributed by atoms with Gasteiger partial charge < -0.3 is 11.1 Å². The van der Waals surface area contributed by atoms with E-state index in [2.05, 4.69) is 15.3 Å². The molecule has 0 radical (unpaired) electrons. The maximum absolute atomic E-state index is 6.20. The van der Waals surface area contributed by atoms with Crippen LogP contribution in [0.2, 0.25) is 10.0 Å². The smallest absolute Gasteiger partial charge is 0.188 e. The minimum Gasteiger partial charge on any atom is -0.370 e. The number of benzene rings is 1. The highest BCUT2D eigenvalue weighted by Gasteiger charge is 2.13. The molecule has 0 saturated carbocycles. The van der Waals surface area contributed by atoms with E-state index in [1.54, 1.807) is 6.20 Å². The van der Waals surface area contributed by atoms with Crippen molar-refractivity contribution in [2.75, 3.05) is 13.1 Å². The standard InChI is InChI=1S/C17H20Cl2N4/c1-12(16-14(18)6-4-7-15(16)19)11-23-17(20)22-10-8-13-5-2-3-9-21-13/h2-7,9,12H,8,10-11H2,1H3,(H3,20,22,23). The summed E-state index contributed by atoms with van der Waals surface area (Å²) in [7, 11) is 0. The topological polar surface area (TPSA) is 63.3 Å². The Balaban J connectivity index is 1.84. The Kier molecular flexibility index (Phi) is 6.68. The summed E-state index contributed by atoms with van der Waals surface area (Å²) in [5.41, 5.74) is 7.81. The van der Waals surface area contributed by atoms with Gasteiger partial charge in [-0.1, -0.05) is 42.3 Å². The first-order valence-corrected chi connectivity index (χ1v) is 8.21. The summed E-state index contributed by atoms with van der Waals surface area (Å²) in [5.74, 6) is 0.503. The van der Waals surface area contributed by atoms with Crippen LogP contribution >= 0.6 is 23.2 Å². The molecule has 3 N–H and O–H groups in total. The number of halogens is 2. The average Bonchev–Trinajstić information content (AvgIpc) is 2.54. The fourth-order valence-electron chi connectivity index (χ4n) is 2.23. The van der Waals surface area contributed by atoms with Crippen molar-refractivity contribution in [2.45, 2.75) is 19.3 Å². The van der Waals surface area contributed by atoms with Crippen LogP contribution in [0.25, 0.3) is 0 Å². The molecule has 0 aliphatic rings. The first-order chi connectivity index (χ1) is 11.1. The summed E-state index contributed by atoms with van der Waals surface area (Å²) in [6.07, 6.45) is 2.57. The molecular formula is C17H20Cl2N4. The molecule has 1 aromatic carbocycles. The maximum Gasteiger partial charge on any atom is 0.188 e. The number of nitrogens with zero attached hydrogens (tertiary/aromatic N) is 2. The molecule has 0 fully saturated rings. The Labute approximate surface area is 146 Å². The number of rotatable bonds is 6. The average molecular weight is 351 g/mol. The lowest BCUT2D eigenvalue weighted by Crippen LogP contribution is -2.33. The second kappa shape index (κ2) is 8.75. The van der Waals surface area contributed by atoms with Crippen LogP contribution in [-0.4, -0.2) is 24.0 Å². The lowest BCUT2D eigenvalue weighted by atomic mass is 10.0. The van der Waals surface area contributed by atoms with Gasteiger partial charge in [-0.2, -0.15) is 0 Å². The van der Waals surface area contributed by atoms with E-state index in [0.29, 0.717) is 29.1 Å². The van der Waals surface area contributed by atoms with Crippen LogP contribution in [0.5, 0.6) is 0 Å². The summed E-state index contributed by atoms with van der Waals surface area (Å²) >= 11 is 12.4. The van der Waals surface area contributed by atoms with Crippen molar-refractivity contribution >= 4 is 29.2 Å². The van der Waals surface area contributed by atoms with E-state index in [9.17, 15) is 0 Å². The molecule has 23 heavy (non-hydrogen) atoms. The molecule has 1 aromatic heterocycles. The maximum atomic E-state index is 6.20. The van der Waals surface area contributed by atoms with E-state index in [4.69, 9.17) is 28.9 Å². The molecule has 1 atom stereocenters. The van der Waals surface area contributed by atoms with E-state index in [-0.39, 0.29) is 5.92 Å². The molecule has 6 heteroatoms. The Morgan fingerprint density at radius 2 is 1.96 bits per heavy atom. The minimum absolute atomic E-state index is 0.0901. The van der Waals surface area contributed by atoms with Gasteiger partial charge in [0, 0.05) is 47.4 Å². The van der Waals surface area contributed by atoms with Crippen LogP contribution in [0.3, 0.4) is 0 Å². The SMILES string of the molecule is CC(CN=C(N)NCCc1ccccn1)c1c(Cl)cccc1Cl. The monoisotopic (exact) mass is 350 g/mol. The zero-order chi connectivity index (χ0) is 16.7. The van der Waals surface area contributed by atoms with Crippen LogP contribution in [-0.2, 0) is 6.42 Å². The number of aliphatic imine (C=N–C) groups is 1. The molecule has 0 aliphatic carbocycles. The normalized spacial score (nSPS) is 12.9. The van der Waals surface area contributed by atoms with Crippen LogP contribution in [0.15, 0.2) is 47.6 Å². The van der Waals surface area contributed by atoms with Gasteiger partial charge in [0.15, 0.2) is 5.96 Å². The predicted molar refractivity (Wildman–Crippen MR) is 97.3 cm³/mol. The molecule has 0 bridgehead atoms. The molecule has 2 rings (SSSR count). The Morgan fingerprint density at radius 3 is 2.61 bits per heavy atom. The first-order valence-electron chi connectivity index (χ1n) is 7.45. The van der Waals surface area contributed by atoms with Gasteiger partial charge in [-0.05, 0) is 29.8 Å². The third-order valence-electron chi connectivity index (χ3n) is 3.44. The van der Waals surface area contributed by atoms with Crippen molar-refractivity contribution in [3.8, 4) is 0 Å². The molecule has 2 aromatic rings. The van der Waals surface area contributed by atoms with E-state index in [1.165, 1.54) is 0 Å². The highest BCUT2D eigenvalue weighted by Crippen LogP contribution is 2.31. The summed E-state index contributed by atoms with van der Waals surface area (Å²) in [4.78, 5) is 8.62. The van der Waals surface area contributed by atoms with Crippen molar-refractivity contribution in [1.82, 2.24) is 10.3 Å². The number of guanidine groups is 1. The Bertz CT molecular complexity index is 639. The van der Waals surface area contributed by atoms with Gasteiger partial charge in [0.25, 0.3) is 0 Å². The molecule has 1 unspecified atom stereocenters.